The van der Waals surface area contributed by atoms with Crippen LogP contribution in [0.2, 0.25) is 18.1 Å². The molecule has 0 unspecified atom stereocenters. The molecule has 4 nitrogen and oxygen atoms in total. The molecule has 2 aromatic carbocycles. The Balaban J connectivity index is 1.80. The summed E-state index contributed by atoms with van der Waals surface area (Å²) in [5, 5.41) is 4.90. The topological polar surface area (TPSA) is 44.1 Å². The van der Waals surface area contributed by atoms with Gasteiger partial charge >= 0.3 is 0 Å². The Labute approximate surface area is 203 Å². The average Bonchev–Trinajstić information content (AvgIpc) is 3.22. The highest BCUT2D eigenvalue weighted by Crippen LogP contribution is 2.36. The Bertz CT molecular complexity index is 1080. The van der Waals surface area contributed by atoms with Crippen LogP contribution in [0, 0.1) is 6.92 Å². The van der Waals surface area contributed by atoms with Gasteiger partial charge in [0, 0.05) is 23.5 Å². The van der Waals surface area contributed by atoms with Crippen molar-refractivity contribution in [2.75, 3.05) is 12.9 Å². The fourth-order valence-electron chi connectivity index (χ4n) is 3.27. The zero-order chi connectivity index (χ0) is 24.2. The molecule has 0 spiro atoms. The highest BCUT2D eigenvalue weighted by Gasteiger charge is 2.36. The molecule has 0 fully saturated rings. The highest BCUT2D eigenvalue weighted by atomic mass is 32.2. The smallest absolute Gasteiger partial charge is 0.191 e. The Morgan fingerprint density at radius 3 is 2.27 bits per heavy atom. The summed E-state index contributed by atoms with van der Waals surface area (Å²) < 4.78 is 8.12. The number of aromatic nitrogens is 2. The van der Waals surface area contributed by atoms with Crippen LogP contribution >= 0.6 is 11.8 Å². The number of hydrogen-bond donors (Lipinski definition) is 0. The summed E-state index contributed by atoms with van der Waals surface area (Å²) in [4.78, 5) is 14.2. The Morgan fingerprint density at radius 2 is 1.70 bits per heavy atom. The lowest BCUT2D eigenvalue weighted by molar-refractivity contribution is 0.0967. The number of carbonyl (C=O) groups excluding carboxylic acids is 1. The number of ketones is 1. The van der Waals surface area contributed by atoms with Crippen molar-refractivity contribution in [3.05, 3.63) is 65.9 Å². The van der Waals surface area contributed by atoms with E-state index in [4.69, 9.17) is 9.52 Å². The van der Waals surface area contributed by atoms with Gasteiger partial charge in [0.15, 0.2) is 14.1 Å². The van der Waals surface area contributed by atoms with Crippen LogP contribution in [0.25, 0.3) is 16.9 Å². The van der Waals surface area contributed by atoms with E-state index in [0.717, 1.165) is 16.9 Å². The van der Waals surface area contributed by atoms with Gasteiger partial charge in [0.2, 0.25) is 0 Å². The van der Waals surface area contributed by atoms with E-state index < -0.39 is 8.32 Å². The maximum Gasteiger partial charge on any atom is 0.191 e. The van der Waals surface area contributed by atoms with Crippen LogP contribution in [0.4, 0.5) is 0 Å². The van der Waals surface area contributed by atoms with E-state index >= 15 is 0 Å². The molecule has 3 aromatic rings. The first-order valence-corrected chi connectivity index (χ1v) is 15.6. The van der Waals surface area contributed by atoms with Gasteiger partial charge in [-0.1, -0.05) is 50.6 Å². The van der Waals surface area contributed by atoms with Crippen LogP contribution in [0.15, 0.2) is 59.5 Å². The van der Waals surface area contributed by atoms with Crippen LogP contribution in [0.5, 0.6) is 0 Å². The minimum absolute atomic E-state index is 0.0571. The molecule has 33 heavy (non-hydrogen) atoms. The molecule has 0 aliphatic rings. The number of aryl methyl sites for hydroxylation is 1. The molecular weight excluding hydrogens is 444 g/mol. The van der Waals surface area contributed by atoms with E-state index in [0.29, 0.717) is 25.1 Å². The molecule has 0 N–H and O–H groups in total. The largest absolute Gasteiger partial charge is 0.417 e. The minimum Gasteiger partial charge on any atom is -0.417 e. The molecule has 0 bridgehead atoms. The molecule has 1 heterocycles. The minimum atomic E-state index is -1.79. The lowest BCUT2D eigenvalue weighted by atomic mass is 10.1. The van der Waals surface area contributed by atoms with Crippen LogP contribution in [-0.2, 0) is 4.43 Å². The highest BCUT2D eigenvalue weighted by molar-refractivity contribution is 7.98. The third kappa shape index (κ3) is 6.25. The molecule has 3 rings (SSSR count). The maximum absolute atomic E-state index is 13.0. The van der Waals surface area contributed by atoms with Gasteiger partial charge in [-0.05, 0) is 68.1 Å². The van der Waals surface area contributed by atoms with E-state index in [9.17, 15) is 4.79 Å². The predicted molar refractivity (Wildman–Crippen MR) is 142 cm³/mol. The quantitative estimate of drug-likeness (QED) is 0.137. The third-order valence-corrected chi connectivity index (χ3v) is 11.8. The predicted octanol–water partition coefficient (Wildman–Crippen LogP) is 7.55. The van der Waals surface area contributed by atoms with Crippen LogP contribution in [0.3, 0.4) is 0 Å². The third-order valence-electron chi connectivity index (χ3n) is 6.48. The van der Waals surface area contributed by atoms with Crippen LogP contribution in [0.1, 0.15) is 49.7 Å². The van der Waals surface area contributed by atoms with Crippen molar-refractivity contribution in [1.82, 2.24) is 9.78 Å². The number of benzene rings is 2. The van der Waals surface area contributed by atoms with Crippen LogP contribution in [-0.4, -0.2) is 36.7 Å². The Kier molecular flexibility index (Phi) is 8.03. The normalized spacial score (nSPS) is 12.2. The van der Waals surface area contributed by atoms with Crippen molar-refractivity contribution in [2.45, 2.75) is 63.6 Å². The molecule has 0 aliphatic heterocycles. The van der Waals surface area contributed by atoms with Crippen molar-refractivity contribution in [2.24, 2.45) is 0 Å². The second-order valence-corrected chi connectivity index (χ2v) is 15.7. The van der Waals surface area contributed by atoms with E-state index in [1.54, 1.807) is 11.8 Å². The van der Waals surface area contributed by atoms with Crippen molar-refractivity contribution < 1.29 is 9.22 Å². The summed E-state index contributed by atoms with van der Waals surface area (Å²) in [6.45, 7) is 13.9. The summed E-state index contributed by atoms with van der Waals surface area (Å²) in [6.07, 6.45) is 3.21. The van der Waals surface area contributed by atoms with Gasteiger partial charge in [-0.3, -0.25) is 4.79 Å². The number of rotatable bonds is 9. The van der Waals surface area contributed by atoms with Crippen molar-refractivity contribution in [3.63, 3.8) is 0 Å². The van der Waals surface area contributed by atoms with E-state index in [1.165, 1.54) is 10.5 Å². The van der Waals surface area contributed by atoms with Crippen molar-refractivity contribution in [3.8, 4) is 16.9 Å². The Hall–Kier alpha value is -2.15. The Morgan fingerprint density at radius 1 is 1.06 bits per heavy atom. The number of thioether (sulfide) groups is 1. The van der Waals surface area contributed by atoms with E-state index in [1.807, 2.05) is 22.9 Å². The van der Waals surface area contributed by atoms with Gasteiger partial charge in [0.1, 0.15) is 5.69 Å². The van der Waals surface area contributed by atoms with Crippen molar-refractivity contribution >= 4 is 25.9 Å². The maximum atomic E-state index is 13.0. The summed E-state index contributed by atoms with van der Waals surface area (Å²) in [5.41, 5.74) is 4.61. The molecule has 0 aliphatic carbocycles. The molecule has 0 radical (unpaired) electrons. The number of hydrogen-bond acceptors (Lipinski definition) is 4. The van der Waals surface area contributed by atoms with Gasteiger partial charge in [-0.2, -0.15) is 5.10 Å². The standard InChI is InChI=1S/C27H36N2O2SSi/c1-20-10-14-22(15-11-20)29-25(21-12-16-23(32-5)17-13-21)19-24(28-29)26(30)9-8-18-31-33(6,7)27(2,3)4/h10-17,19H,8-9,18H2,1-7H3. The summed E-state index contributed by atoms with van der Waals surface area (Å²) in [5.74, 6) is 0.0571. The second kappa shape index (κ2) is 10.4. The van der Waals surface area contributed by atoms with Gasteiger partial charge in [0.25, 0.3) is 0 Å². The van der Waals surface area contributed by atoms with E-state index in [2.05, 4.69) is 83.4 Å². The van der Waals surface area contributed by atoms with Crippen molar-refractivity contribution in [1.29, 1.82) is 0 Å². The summed E-state index contributed by atoms with van der Waals surface area (Å²) in [6, 6.07) is 18.5. The molecular formula is C27H36N2O2SSi. The van der Waals surface area contributed by atoms with Gasteiger partial charge in [-0.15, -0.1) is 11.8 Å². The summed E-state index contributed by atoms with van der Waals surface area (Å²) in [7, 11) is -1.79. The molecule has 176 valence electrons. The SMILES string of the molecule is CSc1ccc(-c2cc(C(=O)CCCO[Si](C)(C)C(C)(C)C)nn2-c2ccc(C)cc2)cc1. The first kappa shape index (κ1) is 25.5. The fourth-order valence-corrected chi connectivity index (χ4v) is 4.77. The molecule has 0 atom stereocenters. The van der Waals surface area contributed by atoms with Gasteiger partial charge < -0.3 is 4.43 Å². The molecule has 0 amide bonds. The average molecular weight is 481 g/mol. The first-order valence-electron chi connectivity index (χ1n) is 11.5. The fraction of sp³-hybridized carbons (Fsp3) is 0.407. The molecule has 6 heteroatoms. The molecule has 1 aromatic heterocycles. The van der Waals surface area contributed by atoms with Gasteiger partial charge in [0.05, 0.1) is 11.4 Å². The monoisotopic (exact) mass is 480 g/mol. The zero-order valence-corrected chi connectivity index (χ0v) is 22.8. The molecule has 0 saturated heterocycles. The zero-order valence-electron chi connectivity index (χ0n) is 20.9. The molecule has 0 saturated carbocycles. The second-order valence-electron chi connectivity index (χ2n) is 10.0. The van der Waals surface area contributed by atoms with E-state index in [-0.39, 0.29) is 10.8 Å². The lowest BCUT2D eigenvalue weighted by Gasteiger charge is -2.36. The number of carbonyl (C=O) groups is 1. The number of Topliss-reactive ketones (excluding diaryl/α,β-unsaturated/α-hetero) is 1. The number of nitrogens with zero attached hydrogens (tertiary/aromatic N) is 2. The lowest BCUT2D eigenvalue weighted by Crippen LogP contribution is -2.41. The van der Waals surface area contributed by atoms with Gasteiger partial charge in [-0.25, -0.2) is 4.68 Å². The summed E-state index contributed by atoms with van der Waals surface area (Å²) >= 11 is 1.71. The first-order chi connectivity index (χ1) is 15.5. The van der Waals surface area contributed by atoms with Crippen LogP contribution < -0.4 is 0 Å².